The van der Waals surface area contributed by atoms with Crippen molar-refractivity contribution in [2.75, 3.05) is 18.6 Å². The number of allylic oxidation sites excluding steroid dienone is 2. The minimum absolute atomic E-state index is 0.231. The van der Waals surface area contributed by atoms with Gasteiger partial charge in [-0.25, -0.2) is 5.43 Å². The summed E-state index contributed by atoms with van der Waals surface area (Å²) in [5, 5.41) is 4.24. The first-order valence-electron chi connectivity index (χ1n) is 12.4. The molecule has 0 fully saturated rings. The zero-order chi connectivity index (χ0) is 25.9. The summed E-state index contributed by atoms with van der Waals surface area (Å²) >= 11 is 0. The molecule has 3 aromatic carbocycles. The van der Waals surface area contributed by atoms with Crippen LogP contribution >= 0.6 is 0 Å². The third-order valence-corrected chi connectivity index (χ3v) is 7.14. The molecule has 0 bridgehead atoms. The van der Waals surface area contributed by atoms with Crippen molar-refractivity contribution in [1.82, 2.24) is 5.43 Å². The molecule has 0 aromatic heterocycles. The lowest BCUT2D eigenvalue weighted by molar-refractivity contribution is 0.0955. The van der Waals surface area contributed by atoms with Gasteiger partial charge in [-0.3, -0.25) is 4.79 Å². The zero-order valence-corrected chi connectivity index (χ0v) is 22.1. The fraction of sp³-hybridized carbons (Fsp3) is 0.290. The van der Waals surface area contributed by atoms with Gasteiger partial charge in [0.1, 0.15) is 5.75 Å². The quantitative estimate of drug-likeness (QED) is 0.320. The van der Waals surface area contributed by atoms with Gasteiger partial charge in [-0.15, -0.1) is 0 Å². The van der Waals surface area contributed by atoms with Crippen LogP contribution in [0, 0.1) is 20.8 Å². The van der Waals surface area contributed by atoms with Crippen molar-refractivity contribution in [3.05, 3.63) is 106 Å². The highest BCUT2D eigenvalue weighted by atomic mass is 16.5. The lowest BCUT2D eigenvalue weighted by Crippen LogP contribution is -2.31. The monoisotopic (exact) mass is 481 g/mol. The zero-order valence-electron chi connectivity index (χ0n) is 22.1. The Hall–Kier alpha value is -3.86. The number of methoxy groups -OCH3 is 1. The van der Waals surface area contributed by atoms with E-state index in [-0.39, 0.29) is 11.3 Å². The predicted molar refractivity (Wildman–Crippen MR) is 148 cm³/mol. The Morgan fingerprint density at radius 1 is 1.06 bits per heavy atom. The van der Waals surface area contributed by atoms with Crippen molar-refractivity contribution in [1.29, 1.82) is 0 Å². The van der Waals surface area contributed by atoms with Crippen molar-refractivity contribution >= 4 is 17.8 Å². The van der Waals surface area contributed by atoms with Gasteiger partial charge in [-0.2, -0.15) is 5.10 Å². The van der Waals surface area contributed by atoms with Crippen molar-refractivity contribution in [2.45, 2.75) is 46.5 Å². The predicted octanol–water partition coefficient (Wildman–Crippen LogP) is 6.26. The van der Waals surface area contributed by atoms with Crippen molar-refractivity contribution in [3.63, 3.8) is 0 Å². The summed E-state index contributed by atoms with van der Waals surface area (Å²) in [6, 6.07) is 19.9. The normalized spacial score (nSPS) is 18.1. The summed E-state index contributed by atoms with van der Waals surface area (Å²) in [5.74, 6) is 0.615. The van der Waals surface area contributed by atoms with Gasteiger partial charge in [-0.05, 0) is 99.7 Å². The second kappa shape index (κ2) is 10.4. The number of fused-ring (bicyclic) bond motifs is 1. The highest BCUT2D eigenvalue weighted by molar-refractivity contribution is 5.94. The van der Waals surface area contributed by atoms with E-state index in [4.69, 9.17) is 4.74 Å². The average Bonchev–Trinajstić information content (AvgIpc) is 3.11. The van der Waals surface area contributed by atoms with Crippen LogP contribution in [0.15, 0.2) is 77.5 Å². The number of carbonyl (C=O) groups excluding carboxylic acids is 1. The maximum Gasteiger partial charge on any atom is 0.271 e. The molecule has 0 spiro atoms. The van der Waals surface area contributed by atoms with E-state index in [0.717, 1.165) is 24.4 Å². The van der Waals surface area contributed by atoms with Gasteiger partial charge >= 0.3 is 0 Å². The Bertz CT molecular complexity index is 1300. The van der Waals surface area contributed by atoms with Gasteiger partial charge in [0.15, 0.2) is 0 Å². The SMILES string of the molecule is CCN1/C(=C\C=N\NC(=O)c2ccccc2)C(C)(Cc2c(C)cc(C)cc2C)c2cc(OC)ccc21. The van der Waals surface area contributed by atoms with E-state index >= 15 is 0 Å². The highest BCUT2D eigenvalue weighted by Gasteiger charge is 2.43. The van der Waals surface area contributed by atoms with Gasteiger partial charge in [-0.1, -0.05) is 35.9 Å². The first-order valence-corrected chi connectivity index (χ1v) is 12.4. The number of hydrogen-bond donors (Lipinski definition) is 1. The number of nitrogens with one attached hydrogen (secondary N) is 1. The Morgan fingerprint density at radius 2 is 1.75 bits per heavy atom. The number of hydrogen-bond acceptors (Lipinski definition) is 4. The summed E-state index contributed by atoms with van der Waals surface area (Å²) < 4.78 is 5.61. The summed E-state index contributed by atoms with van der Waals surface area (Å²) in [4.78, 5) is 14.7. The highest BCUT2D eigenvalue weighted by Crippen LogP contribution is 2.51. The second-order valence-electron chi connectivity index (χ2n) is 9.65. The minimum Gasteiger partial charge on any atom is -0.497 e. The molecule has 36 heavy (non-hydrogen) atoms. The number of amides is 1. The van der Waals surface area contributed by atoms with Crippen LogP contribution in [0.1, 0.15) is 52.0 Å². The molecular weight excluding hydrogens is 446 g/mol. The van der Waals surface area contributed by atoms with Crippen LogP contribution in [0.2, 0.25) is 0 Å². The van der Waals surface area contributed by atoms with E-state index in [1.54, 1.807) is 25.5 Å². The molecule has 1 N–H and O–H groups in total. The molecule has 1 aliphatic rings. The summed E-state index contributed by atoms with van der Waals surface area (Å²) in [7, 11) is 1.71. The van der Waals surface area contributed by atoms with E-state index < -0.39 is 0 Å². The van der Waals surface area contributed by atoms with Crippen molar-refractivity contribution < 1.29 is 9.53 Å². The van der Waals surface area contributed by atoms with E-state index in [2.05, 4.69) is 74.3 Å². The molecule has 0 radical (unpaired) electrons. The summed E-state index contributed by atoms with van der Waals surface area (Å²) in [5.41, 5.74) is 11.7. The molecule has 1 aliphatic heterocycles. The van der Waals surface area contributed by atoms with Crippen LogP contribution in [0.5, 0.6) is 5.75 Å². The molecule has 1 amide bonds. The van der Waals surface area contributed by atoms with Crippen molar-refractivity contribution in [3.8, 4) is 5.75 Å². The van der Waals surface area contributed by atoms with Crippen molar-refractivity contribution in [2.24, 2.45) is 5.10 Å². The smallest absolute Gasteiger partial charge is 0.271 e. The maximum atomic E-state index is 12.4. The molecule has 186 valence electrons. The van der Waals surface area contributed by atoms with E-state index in [9.17, 15) is 4.79 Å². The van der Waals surface area contributed by atoms with Crippen LogP contribution < -0.4 is 15.1 Å². The molecule has 1 unspecified atom stereocenters. The summed E-state index contributed by atoms with van der Waals surface area (Å²) in [6.07, 6.45) is 4.56. The average molecular weight is 482 g/mol. The third-order valence-electron chi connectivity index (χ3n) is 7.14. The molecule has 1 heterocycles. The third kappa shape index (κ3) is 4.78. The Kier molecular flexibility index (Phi) is 7.30. The van der Waals surface area contributed by atoms with E-state index in [1.165, 1.54) is 33.5 Å². The fourth-order valence-corrected chi connectivity index (χ4v) is 5.39. The maximum absolute atomic E-state index is 12.4. The number of ether oxygens (including phenoxy) is 1. The number of anilines is 1. The summed E-state index contributed by atoms with van der Waals surface area (Å²) in [6.45, 7) is 11.8. The first kappa shape index (κ1) is 25.2. The van der Waals surface area contributed by atoms with Crippen LogP contribution in [0.4, 0.5) is 5.69 Å². The molecule has 5 nitrogen and oxygen atoms in total. The van der Waals surface area contributed by atoms with E-state index in [1.807, 2.05) is 30.3 Å². The van der Waals surface area contributed by atoms with Gasteiger partial charge in [0.25, 0.3) is 5.91 Å². The van der Waals surface area contributed by atoms with Gasteiger partial charge in [0.2, 0.25) is 0 Å². The Labute approximate surface area is 214 Å². The van der Waals surface area contributed by atoms with Gasteiger partial charge in [0, 0.05) is 35.1 Å². The molecule has 0 saturated carbocycles. The lowest BCUT2D eigenvalue weighted by Gasteiger charge is -2.31. The largest absolute Gasteiger partial charge is 0.497 e. The van der Waals surface area contributed by atoms with Crippen LogP contribution in [-0.2, 0) is 11.8 Å². The van der Waals surface area contributed by atoms with Gasteiger partial charge in [0.05, 0.1) is 7.11 Å². The second-order valence-corrected chi connectivity index (χ2v) is 9.65. The number of benzene rings is 3. The Balaban J connectivity index is 1.74. The van der Waals surface area contributed by atoms with Crippen LogP contribution in [0.3, 0.4) is 0 Å². The molecule has 0 saturated heterocycles. The number of likely N-dealkylation sites (N-methyl/N-ethyl adjacent to an activating group) is 1. The number of aryl methyl sites for hydroxylation is 3. The topological polar surface area (TPSA) is 53.9 Å². The van der Waals surface area contributed by atoms with Crippen LogP contribution in [-0.4, -0.2) is 25.8 Å². The molecule has 4 rings (SSSR count). The Morgan fingerprint density at radius 3 is 2.39 bits per heavy atom. The number of carbonyl (C=O) groups is 1. The minimum atomic E-state index is -0.305. The van der Waals surface area contributed by atoms with Gasteiger partial charge < -0.3 is 9.64 Å². The number of hydrazone groups is 1. The molecule has 3 aromatic rings. The number of nitrogens with zero attached hydrogens (tertiary/aromatic N) is 2. The molecule has 5 heteroatoms. The lowest BCUT2D eigenvalue weighted by atomic mass is 9.74. The fourth-order valence-electron chi connectivity index (χ4n) is 5.39. The molecular formula is C31H35N3O2. The standard InChI is InChI=1S/C31H35N3O2/c1-7-34-28-14-13-25(36-6)19-27(28)31(5,20-26-22(3)17-21(2)18-23(26)4)29(34)15-16-32-33-30(35)24-11-9-8-10-12-24/h8-19H,7,20H2,1-6H3,(H,33,35)/b29-15-,32-16+. The molecule has 0 aliphatic carbocycles. The molecule has 1 atom stereocenters. The first-order chi connectivity index (χ1) is 17.3. The number of rotatable bonds is 7. The van der Waals surface area contributed by atoms with E-state index in [0.29, 0.717) is 5.56 Å². The van der Waals surface area contributed by atoms with Crippen LogP contribution in [0.25, 0.3) is 0 Å².